The molecular weight excluding hydrogens is 306 g/mol. The minimum Gasteiger partial charge on any atom is -0.480 e. The highest BCUT2D eigenvalue weighted by molar-refractivity contribution is 7.17. The zero-order valence-electron chi connectivity index (χ0n) is 12.2. The van der Waals surface area contributed by atoms with Crippen LogP contribution in [0.3, 0.4) is 0 Å². The maximum absolute atomic E-state index is 12.6. The molecule has 8 heteroatoms. The Morgan fingerprint density at radius 2 is 2.14 bits per heavy atom. The lowest BCUT2D eigenvalue weighted by molar-refractivity contribution is -0.137. The molecule has 0 aliphatic heterocycles. The van der Waals surface area contributed by atoms with E-state index in [1.807, 2.05) is 6.92 Å². The van der Waals surface area contributed by atoms with Crippen LogP contribution in [0.4, 0.5) is 0 Å². The largest absolute Gasteiger partial charge is 0.480 e. The zero-order valence-corrected chi connectivity index (χ0v) is 13.0. The van der Waals surface area contributed by atoms with Gasteiger partial charge in [0.25, 0.3) is 11.5 Å². The highest BCUT2D eigenvalue weighted by atomic mass is 32.1. The molecule has 0 aromatic carbocycles. The van der Waals surface area contributed by atoms with Gasteiger partial charge < -0.3 is 10.0 Å². The molecule has 1 aliphatic rings. The number of carbonyl (C=O) groups is 2. The van der Waals surface area contributed by atoms with E-state index >= 15 is 0 Å². The fourth-order valence-electron chi connectivity index (χ4n) is 2.38. The Bertz CT molecular complexity index is 834. The number of aliphatic carboxylic acids is 1. The summed E-state index contributed by atoms with van der Waals surface area (Å²) in [6, 6.07) is -0.0889. The SMILES string of the molecule is Cc1sc2ncc(C(=O)N(CC(=O)O)C3CC3)c(=O)n2c1C. The molecule has 0 atom stereocenters. The van der Waals surface area contributed by atoms with E-state index in [2.05, 4.69) is 4.98 Å². The first kappa shape index (κ1) is 14.7. The number of thiazole rings is 1. The second kappa shape index (κ2) is 5.20. The van der Waals surface area contributed by atoms with Crippen molar-refractivity contribution in [3.05, 3.63) is 32.7 Å². The van der Waals surface area contributed by atoms with Crippen LogP contribution in [-0.4, -0.2) is 43.9 Å². The van der Waals surface area contributed by atoms with E-state index in [0.717, 1.165) is 23.4 Å². The molecule has 1 saturated carbocycles. The molecule has 7 nitrogen and oxygen atoms in total. The van der Waals surface area contributed by atoms with Crippen molar-refractivity contribution in [2.75, 3.05) is 6.54 Å². The molecule has 1 aliphatic carbocycles. The van der Waals surface area contributed by atoms with Crippen LogP contribution in [0.1, 0.15) is 33.8 Å². The summed E-state index contributed by atoms with van der Waals surface area (Å²) < 4.78 is 1.42. The van der Waals surface area contributed by atoms with Gasteiger partial charge >= 0.3 is 5.97 Å². The van der Waals surface area contributed by atoms with Gasteiger partial charge in [-0.15, -0.1) is 11.3 Å². The number of carboxylic acids is 1. The standard InChI is InChI=1S/C14H15N3O4S/c1-7-8(2)22-14-15-5-10(13(21)17(7)14)12(20)16(6-11(18)19)9-3-4-9/h5,9H,3-4,6H2,1-2H3,(H,18,19). The van der Waals surface area contributed by atoms with Gasteiger partial charge in [0, 0.05) is 22.8 Å². The summed E-state index contributed by atoms with van der Waals surface area (Å²) >= 11 is 1.38. The molecule has 1 N–H and O–H groups in total. The van der Waals surface area contributed by atoms with E-state index in [1.54, 1.807) is 6.92 Å². The first-order valence-corrected chi connectivity index (χ1v) is 7.72. The summed E-state index contributed by atoms with van der Waals surface area (Å²) in [5.41, 5.74) is 0.239. The highest BCUT2D eigenvalue weighted by Gasteiger charge is 2.35. The molecule has 2 heterocycles. The van der Waals surface area contributed by atoms with Crippen molar-refractivity contribution in [2.45, 2.75) is 32.7 Å². The highest BCUT2D eigenvalue weighted by Crippen LogP contribution is 2.27. The summed E-state index contributed by atoms with van der Waals surface area (Å²) in [6.07, 6.45) is 2.80. The van der Waals surface area contributed by atoms with E-state index < -0.39 is 24.0 Å². The van der Waals surface area contributed by atoms with Crippen LogP contribution in [0.2, 0.25) is 0 Å². The number of aryl methyl sites for hydroxylation is 2. The Kier molecular flexibility index (Phi) is 3.48. The van der Waals surface area contributed by atoms with Crippen molar-refractivity contribution in [1.82, 2.24) is 14.3 Å². The Morgan fingerprint density at radius 3 is 2.73 bits per heavy atom. The fourth-order valence-corrected chi connectivity index (χ4v) is 3.31. The number of carbonyl (C=O) groups excluding carboxylic acids is 1. The van der Waals surface area contributed by atoms with Gasteiger partial charge in [0.15, 0.2) is 4.96 Å². The average Bonchev–Trinajstić information content (AvgIpc) is 3.24. The molecule has 2 aromatic heterocycles. The number of hydrogen-bond acceptors (Lipinski definition) is 5. The number of hydrogen-bond donors (Lipinski definition) is 1. The van der Waals surface area contributed by atoms with Crippen LogP contribution >= 0.6 is 11.3 Å². The summed E-state index contributed by atoms with van der Waals surface area (Å²) in [5.74, 6) is -1.64. The van der Waals surface area contributed by atoms with Gasteiger partial charge in [-0.2, -0.15) is 0 Å². The predicted molar refractivity (Wildman–Crippen MR) is 80.5 cm³/mol. The van der Waals surface area contributed by atoms with Crippen molar-refractivity contribution in [3.8, 4) is 0 Å². The van der Waals surface area contributed by atoms with Gasteiger partial charge in [-0.25, -0.2) is 4.98 Å². The number of fused-ring (bicyclic) bond motifs is 1. The number of aromatic nitrogens is 2. The third-order valence-electron chi connectivity index (χ3n) is 3.80. The van der Waals surface area contributed by atoms with Gasteiger partial charge in [-0.3, -0.25) is 18.8 Å². The van der Waals surface area contributed by atoms with E-state index in [9.17, 15) is 14.4 Å². The van der Waals surface area contributed by atoms with Crippen LogP contribution in [0, 0.1) is 13.8 Å². The topological polar surface area (TPSA) is 92.0 Å². The van der Waals surface area contributed by atoms with Crippen molar-refractivity contribution in [1.29, 1.82) is 0 Å². The van der Waals surface area contributed by atoms with Crippen LogP contribution < -0.4 is 5.56 Å². The van der Waals surface area contributed by atoms with Crippen molar-refractivity contribution in [2.24, 2.45) is 0 Å². The number of amides is 1. The molecule has 0 radical (unpaired) electrons. The van der Waals surface area contributed by atoms with Gasteiger partial charge in [-0.05, 0) is 26.7 Å². The second-order valence-corrected chi connectivity index (χ2v) is 6.58. The molecule has 22 heavy (non-hydrogen) atoms. The van der Waals surface area contributed by atoms with E-state index in [4.69, 9.17) is 5.11 Å². The first-order valence-electron chi connectivity index (χ1n) is 6.90. The first-order chi connectivity index (χ1) is 10.4. The summed E-state index contributed by atoms with van der Waals surface area (Å²) in [5, 5.41) is 8.95. The van der Waals surface area contributed by atoms with Crippen LogP contribution in [-0.2, 0) is 4.79 Å². The molecule has 0 saturated heterocycles. The normalized spacial score (nSPS) is 14.3. The van der Waals surface area contributed by atoms with Crippen LogP contribution in [0.5, 0.6) is 0 Å². The second-order valence-electron chi connectivity index (χ2n) is 5.40. The molecule has 1 amide bonds. The lowest BCUT2D eigenvalue weighted by Gasteiger charge is -2.19. The lowest BCUT2D eigenvalue weighted by atomic mass is 10.2. The van der Waals surface area contributed by atoms with Crippen molar-refractivity contribution >= 4 is 28.2 Å². The smallest absolute Gasteiger partial charge is 0.323 e. The molecule has 0 unspecified atom stereocenters. The van der Waals surface area contributed by atoms with Crippen LogP contribution in [0.15, 0.2) is 11.0 Å². The van der Waals surface area contributed by atoms with Crippen molar-refractivity contribution < 1.29 is 14.7 Å². The minimum atomic E-state index is -1.09. The molecular formula is C14H15N3O4S. The van der Waals surface area contributed by atoms with E-state index in [0.29, 0.717) is 4.96 Å². The third kappa shape index (κ3) is 2.39. The molecule has 2 aromatic rings. The Morgan fingerprint density at radius 1 is 1.45 bits per heavy atom. The fraction of sp³-hybridized carbons (Fsp3) is 0.429. The summed E-state index contributed by atoms with van der Waals surface area (Å²) in [6.45, 7) is 3.29. The van der Waals surface area contributed by atoms with Gasteiger partial charge in [0.2, 0.25) is 0 Å². The van der Waals surface area contributed by atoms with E-state index in [1.165, 1.54) is 26.8 Å². The Hall–Kier alpha value is -2.22. The van der Waals surface area contributed by atoms with Crippen LogP contribution in [0.25, 0.3) is 4.96 Å². The van der Waals surface area contributed by atoms with Crippen molar-refractivity contribution in [3.63, 3.8) is 0 Å². The molecule has 0 bridgehead atoms. The van der Waals surface area contributed by atoms with Gasteiger partial charge in [0.05, 0.1) is 0 Å². The number of carboxylic acid groups (broad SMARTS) is 1. The zero-order chi connectivity index (χ0) is 16.0. The minimum absolute atomic E-state index is 0.0773. The van der Waals surface area contributed by atoms with E-state index in [-0.39, 0.29) is 11.6 Å². The predicted octanol–water partition coefficient (Wildman–Crippen LogP) is 1.06. The van der Waals surface area contributed by atoms with Gasteiger partial charge in [0.1, 0.15) is 12.1 Å². The molecule has 116 valence electrons. The maximum Gasteiger partial charge on any atom is 0.323 e. The Labute approximate surface area is 129 Å². The number of nitrogens with zero attached hydrogens (tertiary/aromatic N) is 3. The molecule has 0 spiro atoms. The monoisotopic (exact) mass is 321 g/mol. The molecule has 3 rings (SSSR count). The Balaban J connectivity index is 2.07. The number of rotatable bonds is 4. The summed E-state index contributed by atoms with van der Waals surface area (Å²) in [4.78, 5) is 43.0. The summed E-state index contributed by atoms with van der Waals surface area (Å²) in [7, 11) is 0. The van der Waals surface area contributed by atoms with Gasteiger partial charge in [-0.1, -0.05) is 0 Å². The third-order valence-corrected chi connectivity index (χ3v) is 4.87. The molecule has 1 fully saturated rings. The average molecular weight is 321 g/mol. The quantitative estimate of drug-likeness (QED) is 0.909. The lowest BCUT2D eigenvalue weighted by Crippen LogP contribution is -2.40. The maximum atomic E-state index is 12.6.